The van der Waals surface area contributed by atoms with E-state index in [-0.39, 0.29) is 0 Å². The van der Waals surface area contributed by atoms with Crippen molar-refractivity contribution in [3.63, 3.8) is 0 Å². The van der Waals surface area contributed by atoms with Gasteiger partial charge >= 0.3 is 0 Å². The quantitative estimate of drug-likeness (QED) is 0.144. The summed E-state index contributed by atoms with van der Waals surface area (Å²) >= 11 is 10.4. The number of hydrogen-bond acceptors (Lipinski definition) is 6. The zero-order chi connectivity index (χ0) is 32.9. The third kappa shape index (κ3) is 7.99. The van der Waals surface area contributed by atoms with E-state index in [4.69, 9.17) is 29.2 Å². The molecule has 0 N–H and O–H groups in total. The van der Waals surface area contributed by atoms with E-state index in [2.05, 4.69) is 47.8 Å². The van der Waals surface area contributed by atoms with Crippen LogP contribution in [0.25, 0.3) is 34.2 Å². The number of benzene rings is 6. The van der Waals surface area contributed by atoms with Crippen molar-refractivity contribution in [2.24, 2.45) is 0 Å². The molecular weight excluding hydrogens is 798 g/mol. The highest BCUT2D eigenvalue weighted by Gasteiger charge is 2.14. The zero-order valence-electron chi connectivity index (χ0n) is 25.1. The van der Waals surface area contributed by atoms with Crippen molar-refractivity contribution in [1.82, 2.24) is 15.0 Å². The Morgan fingerprint density at radius 1 is 0.271 bits per heavy atom. The molecule has 0 aliphatic heterocycles. The Morgan fingerprint density at radius 2 is 0.458 bits per heavy atom. The number of ether oxygens (including phenoxy) is 3. The van der Waals surface area contributed by atoms with E-state index in [1.807, 2.05) is 146 Å². The molecule has 6 aromatic carbocycles. The van der Waals surface area contributed by atoms with Crippen LogP contribution in [-0.4, -0.2) is 15.0 Å². The summed E-state index contributed by atoms with van der Waals surface area (Å²) in [5, 5.41) is 0. The van der Waals surface area contributed by atoms with Gasteiger partial charge in [0, 0.05) is 30.1 Å². The minimum absolute atomic E-state index is 0.538. The van der Waals surface area contributed by atoms with Crippen LogP contribution < -0.4 is 14.2 Å². The van der Waals surface area contributed by atoms with Crippen LogP contribution in [0.3, 0.4) is 0 Å². The van der Waals surface area contributed by atoms with E-state index in [1.54, 1.807) is 0 Å². The second kappa shape index (κ2) is 14.5. The third-order valence-electron chi connectivity index (χ3n) is 7.12. The van der Waals surface area contributed by atoms with E-state index in [9.17, 15) is 0 Å². The molecule has 6 nitrogen and oxygen atoms in total. The Kier molecular flexibility index (Phi) is 9.60. The lowest BCUT2D eigenvalue weighted by Gasteiger charge is -2.11. The molecule has 0 saturated carbocycles. The third-order valence-corrected chi connectivity index (χ3v) is 8.71. The summed E-state index contributed by atoms with van der Waals surface area (Å²) in [4.78, 5) is 14.7. The maximum Gasteiger partial charge on any atom is 0.164 e. The molecular formula is C39H24Br3N3O3. The molecule has 1 aromatic heterocycles. The van der Waals surface area contributed by atoms with Gasteiger partial charge in [-0.25, -0.2) is 15.0 Å². The molecule has 0 spiro atoms. The maximum atomic E-state index is 6.03. The molecule has 0 unspecified atom stereocenters. The number of aromatic nitrogens is 3. The van der Waals surface area contributed by atoms with Gasteiger partial charge in [0.15, 0.2) is 17.5 Å². The SMILES string of the molecule is Brc1ccc(Oc2ccc(-c3nc(-c4ccc(Oc5ccc(Br)cc5)cc4)nc(-c4ccc(Oc5ccc(Br)cc5)cc4)n3)cc2)cc1. The normalized spacial score (nSPS) is 10.8. The molecule has 234 valence electrons. The van der Waals surface area contributed by atoms with Crippen molar-refractivity contribution in [3.8, 4) is 68.7 Å². The lowest BCUT2D eigenvalue weighted by Crippen LogP contribution is -2.00. The van der Waals surface area contributed by atoms with Crippen molar-refractivity contribution in [3.05, 3.63) is 159 Å². The molecule has 48 heavy (non-hydrogen) atoms. The van der Waals surface area contributed by atoms with Crippen LogP contribution in [0.4, 0.5) is 0 Å². The predicted molar refractivity (Wildman–Crippen MR) is 199 cm³/mol. The molecule has 7 rings (SSSR count). The zero-order valence-corrected chi connectivity index (χ0v) is 29.8. The number of rotatable bonds is 9. The molecule has 0 atom stereocenters. The first-order chi connectivity index (χ1) is 23.4. The van der Waals surface area contributed by atoms with Crippen LogP contribution in [0, 0.1) is 0 Å². The van der Waals surface area contributed by atoms with Gasteiger partial charge in [-0.1, -0.05) is 47.8 Å². The van der Waals surface area contributed by atoms with E-state index in [1.165, 1.54) is 0 Å². The van der Waals surface area contributed by atoms with Gasteiger partial charge in [0.05, 0.1) is 0 Å². The second-order valence-electron chi connectivity index (χ2n) is 10.5. The van der Waals surface area contributed by atoms with Gasteiger partial charge in [0.1, 0.15) is 34.5 Å². The summed E-state index contributed by atoms with van der Waals surface area (Å²) in [5.74, 6) is 5.97. The fourth-order valence-electron chi connectivity index (χ4n) is 4.70. The summed E-state index contributed by atoms with van der Waals surface area (Å²) in [5.41, 5.74) is 2.48. The Labute approximate surface area is 302 Å². The highest BCUT2D eigenvalue weighted by molar-refractivity contribution is 9.11. The van der Waals surface area contributed by atoms with Gasteiger partial charge in [-0.05, 0) is 146 Å². The lowest BCUT2D eigenvalue weighted by atomic mass is 10.1. The molecule has 0 bridgehead atoms. The van der Waals surface area contributed by atoms with Gasteiger partial charge < -0.3 is 14.2 Å². The number of nitrogens with zero attached hydrogens (tertiary/aromatic N) is 3. The Balaban J connectivity index is 1.19. The molecule has 7 aromatic rings. The van der Waals surface area contributed by atoms with Crippen molar-refractivity contribution < 1.29 is 14.2 Å². The smallest absolute Gasteiger partial charge is 0.164 e. The maximum absolute atomic E-state index is 6.03. The van der Waals surface area contributed by atoms with Gasteiger partial charge in [0.2, 0.25) is 0 Å². The lowest BCUT2D eigenvalue weighted by molar-refractivity contribution is 0.482. The highest BCUT2D eigenvalue weighted by atomic mass is 79.9. The Morgan fingerprint density at radius 3 is 0.667 bits per heavy atom. The number of halogens is 3. The predicted octanol–water partition coefficient (Wildman–Crippen LogP) is 12.5. The van der Waals surface area contributed by atoms with E-state index in [0.717, 1.165) is 47.4 Å². The summed E-state index contributed by atoms with van der Waals surface area (Å²) in [6.45, 7) is 0. The largest absolute Gasteiger partial charge is 0.457 e. The second-order valence-corrected chi connectivity index (χ2v) is 13.3. The van der Waals surface area contributed by atoms with Crippen molar-refractivity contribution in [2.45, 2.75) is 0 Å². The van der Waals surface area contributed by atoms with E-state index in [0.29, 0.717) is 34.7 Å². The fourth-order valence-corrected chi connectivity index (χ4v) is 5.49. The average Bonchev–Trinajstić information content (AvgIpc) is 3.12. The topological polar surface area (TPSA) is 66.4 Å². The first-order valence-corrected chi connectivity index (χ1v) is 17.2. The van der Waals surface area contributed by atoms with Crippen molar-refractivity contribution in [2.75, 3.05) is 0 Å². The summed E-state index contributed by atoms with van der Waals surface area (Å²) in [6, 6.07) is 46.2. The Bertz CT molecular complexity index is 1880. The molecule has 0 saturated heterocycles. The van der Waals surface area contributed by atoms with Crippen LogP contribution in [0.15, 0.2) is 159 Å². The minimum atomic E-state index is 0.538. The van der Waals surface area contributed by atoms with E-state index < -0.39 is 0 Å². The van der Waals surface area contributed by atoms with Crippen LogP contribution in [0.5, 0.6) is 34.5 Å². The van der Waals surface area contributed by atoms with Crippen LogP contribution in [-0.2, 0) is 0 Å². The monoisotopic (exact) mass is 819 g/mol. The van der Waals surface area contributed by atoms with Gasteiger partial charge in [0.25, 0.3) is 0 Å². The first kappa shape index (κ1) is 31.8. The van der Waals surface area contributed by atoms with Crippen LogP contribution in [0.1, 0.15) is 0 Å². The molecule has 0 radical (unpaired) electrons. The summed E-state index contributed by atoms with van der Waals surface area (Å²) in [7, 11) is 0. The number of hydrogen-bond donors (Lipinski definition) is 0. The minimum Gasteiger partial charge on any atom is -0.457 e. The van der Waals surface area contributed by atoms with Crippen molar-refractivity contribution in [1.29, 1.82) is 0 Å². The van der Waals surface area contributed by atoms with Gasteiger partial charge in [-0.15, -0.1) is 0 Å². The first-order valence-electron chi connectivity index (χ1n) is 14.8. The van der Waals surface area contributed by atoms with E-state index >= 15 is 0 Å². The Hall–Kier alpha value is -4.83. The van der Waals surface area contributed by atoms with Gasteiger partial charge in [-0.3, -0.25) is 0 Å². The fraction of sp³-hybridized carbons (Fsp3) is 0. The average molecular weight is 822 g/mol. The standard InChI is InChI=1S/C39H24Br3N3O3/c40-28-7-19-34(20-8-28)46-31-13-1-25(2-14-31)37-43-38(26-3-15-32(16-4-26)47-35-21-9-29(41)10-22-35)45-39(44-37)27-5-17-33(18-6-27)48-36-23-11-30(42)12-24-36/h1-24H. The van der Waals surface area contributed by atoms with Crippen molar-refractivity contribution >= 4 is 47.8 Å². The molecule has 0 aliphatic rings. The summed E-state index contributed by atoms with van der Waals surface area (Å²) < 4.78 is 21.1. The van der Waals surface area contributed by atoms with Crippen LogP contribution >= 0.6 is 47.8 Å². The molecule has 1 heterocycles. The van der Waals surface area contributed by atoms with Crippen LogP contribution in [0.2, 0.25) is 0 Å². The highest BCUT2D eigenvalue weighted by Crippen LogP contribution is 2.31. The van der Waals surface area contributed by atoms with Gasteiger partial charge in [-0.2, -0.15) is 0 Å². The molecule has 9 heteroatoms. The molecule has 0 amide bonds. The molecule has 0 aliphatic carbocycles. The summed E-state index contributed by atoms with van der Waals surface area (Å²) in [6.07, 6.45) is 0. The molecule has 0 fully saturated rings.